The molecular weight excluding hydrogens is 320 g/mol. The van der Waals surface area contributed by atoms with Crippen LogP contribution in [0.15, 0.2) is 54.6 Å². The van der Waals surface area contributed by atoms with E-state index in [0.29, 0.717) is 16.3 Å². The Bertz CT molecular complexity index is 865. The van der Waals surface area contributed by atoms with E-state index in [9.17, 15) is 8.78 Å². The lowest BCUT2D eigenvalue weighted by Crippen LogP contribution is -2.02. The zero-order chi connectivity index (χ0) is 16.2. The molecule has 1 heterocycles. The van der Waals surface area contributed by atoms with Gasteiger partial charge in [0, 0.05) is 16.0 Å². The lowest BCUT2D eigenvalue weighted by molar-refractivity contribution is -0.0499. The van der Waals surface area contributed by atoms with E-state index in [4.69, 9.17) is 11.6 Å². The molecule has 2 nitrogen and oxygen atoms in total. The van der Waals surface area contributed by atoms with E-state index in [1.165, 1.54) is 6.07 Å². The molecule has 0 atom stereocenters. The SMILES string of the molecule is FC(F)Oc1ccccc1/C=C/c1ccc2ccc(Cl)cc2n1. The highest BCUT2D eigenvalue weighted by molar-refractivity contribution is 6.31. The molecule has 0 fully saturated rings. The third-order valence-corrected chi connectivity index (χ3v) is 3.48. The standard InChI is InChI=1S/C18H12ClF2NO/c19-14-8-5-12-6-9-15(22-16(12)11-14)10-7-13-3-1-2-4-17(13)23-18(20)21/h1-11,18H/b10-7+. The molecule has 0 bridgehead atoms. The van der Waals surface area contributed by atoms with E-state index in [1.54, 1.807) is 42.5 Å². The van der Waals surface area contributed by atoms with Crippen LogP contribution in [0.25, 0.3) is 23.1 Å². The van der Waals surface area contributed by atoms with Gasteiger partial charge in [0.1, 0.15) is 5.75 Å². The number of hydrogen-bond acceptors (Lipinski definition) is 2. The van der Waals surface area contributed by atoms with E-state index >= 15 is 0 Å². The van der Waals surface area contributed by atoms with Gasteiger partial charge in [-0.2, -0.15) is 8.78 Å². The second-order valence-electron chi connectivity index (χ2n) is 4.82. The summed E-state index contributed by atoms with van der Waals surface area (Å²) in [6, 6.07) is 15.9. The van der Waals surface area contributed by atoms with Crippen molar-refractivity contribution in [2.24, 2.45) is 0 Å². The first-order chi connectivity index (χ1) is 11.1. The third-order valence-electron chi connectivity index (χ3n) is 3.24. The maximum atomic E-state index is 12.4. The first kappa shape index (κ1) is 15.4. The van der Waals surface area contributed by atoms with Crippen LogP contribution in [0.3, 0.4) is 0 Å². The molecule has 23 heavy (non-hydrogen) atoms. The molecule has 0 aliphatic carbocycles. The van der Waals surface area contributed by atoms with Crippen LogP contribution < -0.4 is 4.74 Å². The van der Waals surface area contributed by atoms with Gasteiger partial charge >= 0.3 is 6.61 Å². The summed E-state index contributed by atoms with van der Waals surface area (Å²) in [5.74, 6) is 0.127. The largest absolute Gasteiger partial charge is 0.434 e. The molecule has 0 spiro atoms. The highest BCUT2D eigenvalue weighted by atomic mass is 35.5. The van der Waals surface area contributed by atoms with Crippen LogP contribution in [-0.4, -0.2) is 11.6 Å². The van der Waals surface area contributed by atoms with Gasteiger partial charge in [-0.1, -0.05) is 41.9 Å². The Morgan fingerprint density at radius 1 is 1.00 bits per heavy atom. The molecular formula is C18H12ClF2NO. The number of hydrogen-bond donors (Lipinski definition) is 0. The fourth-order valence-corrected chi connectivity index (χ4v) is 2.36. The predicted molar refractivity (Wildman–Crippen MR) is 88.8 cm³/mol. The monoisotopic (exact) mass is 331 g/mol. The van der Waals surface area contributed by atoms with Crippen molar-refractivity contribution in [3.63, 3.8) is 0 Å². The molecule has 0 aliphatic heterocycles. The number of benzene rings is 2. The summed E-state index contributed by atoms with van der Waals surface area (Å²) in [5, 5.41) is 1.59. The molecule has 0 N–H and O–H groups in total. The number of para-hydroxylation sites is 1. The summed E-state index contributed by atoms with van der Waals surface area (Å²) < 4.78 is 29.3. The van der Waals surface area contributed by atoms with E-state index in [-0.39, 0.29) is 5.75 Å². The number of halogens is 3. The van der Waals surface area contributed by atoms with Gasteiger partial charge in [0.2, 0.25) is 0 Å². The zero-order valence-corrected chi connectivity index (χ0v) is 12.7. The molecule has 1 aromatic heterocycles. The van der Waals surface area contributed by atoms with Crippen LogP contribution in [0.2, 0.25) is 5.02 Å². The van der Waals surface area contributed by atoms with Crippen molar-refractivity contribution < 1.29 is 13.5 Å². The molecule has 5 heteroatoms. The van der Waals surface area contributed by atoms with Crippen LogP contribution in [0.4, 0.5) is 8.78 Å². The summed E-state index contributed by atoms with van der Waals surface area (Å²) in [6.45, 7) is -2.86. The van der Waals surface area contributed by atoms with Crippen molar-refractivity contribution in [3.05, 3.63) is 70.9 Å². The topological polar surface area (TPSA) is 22.1 Å². The van der Waals surface area contributed by atoms with Crippen LogP contribution in [-0.2, 0) is 0 Å². The first-order valence-electron chi connectivity index (χ1n) is 6.90. The molecule has 2 aromatic carbocycles. The zero-order valence-electron chi connectivity index (χ0n) is 11.9. The molecule has 116 valence electrons. The second kappa shape index (κ2) is 6.75. The van der Waals surface area contributed by atoms with Crippen LogP contribution in [0.1, 0.15) is 11.3 Å². The number of alkyl halides is 2. The van der Waals surface area contributed by atoms with Crippen LogP contribution in [0.5, 0.6) is 5.75 Å². The van der Waals surface area contributed by atoms with Gasteiger partial charge in [-0.3, -0.25) is 0 Å². The Kier molecular flexibility index (Phi) is 4.53. The maximum Gasteiger partial charge on any atom is 0.387 e. The Morgan fingerprint density at radius 3 is 2.61 bits per heavy atom. The van der Waals surface area contributed by atoms with Crippen LogP contribution >= 0.6 is 11.6 Å². The third kappa shape index (κ3) is 3.85. The Hall–Kier alpha value is -2.46. The van der Waals surface area contributed by atoms with Gasteiger partial charge in [0.05, 0.1) is 11.2 Å². The fraction of sp³-hybridized carbons (Fsp3) is 0.0556. The minimum atomic E-state index is -2.86. The van der Waals surface area contributed by atoms with E-state index < -0.39 is 6.61 Å². The quantitative estimate of drug-likeness (QED) is 0.615. The summed E-state index contributed by atoms with van der Waals surface area (Å²) in [7, 11) is 0. The molecule has 0 amide bonds. The molecule has 0 unspecified atom stereocenters. The lowest BCUT2D eigenvalue weighted by atomic mass is 10.1. The number of rotatable bonds is 4. The number of pyridine rings is 1. The molecule has 3 rings (SSSR count). The molecule has 0 saturated carbocycles. The number of nitrogens with zero attached hydrogens (tertiary/aromatic N) is 1. The highest BCUT2D eigenvalue weighted by Gasteiger charge is 2.07. The molecule has 0 saturated heterocycles. The summed E-state index contributed by atoms with van der Waals surface area (Å²) in [6.07, 6.45) is 3.43. The Morgan fingerprint density at radius 2 is 1.78 bits per heavy atom. The summed E-state index contributed by atoms with van der Waals surface area (Å²) in [5.41, 5.74) is 2.03. The molecule has 0 radical (unpaired) electrons. The number of aromatic nitrogens is 1. The normalized spacial score (nSPS) is 11.5. The van der Waals surface area contributed by atoms with Crippen molar-refractivity contribution >= 4 is 34.7 Å². The minimum Gasteiger partial charge on any atom is -0.434 e. The Labute approximate surface area is 137 Å². The van der Waals surface area contributed by atoms with Crippen molar-refractivity contribution in [2.75, 3.05) is 0 Å². The predicted octanol–water partition coefficient (Wildman–Crippen LogP) is 5.66. The van der Waals surface area contributed by atoms with Crippen molar-refractivity contribution in [3.8, 4) is 5.75 Å². The summed E-state index contributed by atoms with van der Waals surface area (Å²) >= 11 is 5.97. The van der Waals surface area contributed by atoms with E-state index in [1.807, 2.05) is 18.2 Å². The van der Waals surface area contributed by atoms with E-state index in [0.717, 1.165) is 10.9 Å². The minimum absolute atomic E-state index is 0.127. The van der Waals surface area contributed by atoms with Gasteiger partial charge in [-0.05, 0) is 36.4 Å². The van der Waals surface area contributed by atoms with Crippen molar-refractivity contribution in [2.45, 2.75) is 6.61 Å². The maximum absolute atomic E-state index is 12.4. The van der Waals surface area contributed by atoms with Crippen LogP contribution in [0, 0.1) is 0 Å². The van der Waals surface area contributed by atoms with Crippen molar-refractivity contribution in [1.29, 1.82) is 0 Å². The molecule has 3 aromatic rings. The number of fused-ring (bicyclic) bond motifs is 1. The second-order valence-corrected chi connectivity index (χ2v) is 5.26. The van der Waals surface area contributed by atoms with Crippen molar-refractivity contribution in [1.82, 2.24) is 4.98 Å². The molecule has 0 aliphatic rings. The Balaban J connectivity index is 1.91. The average molecular weight is 332 g/mol. The van der Waals surface area contributed by atoms with Gasteiger partial charge in [-0.15, -0.1) is 0 Å². The fourth-order valence-electron chi connectivity index (χ4n) is 2.20. The highest BCUT2D eigenvalue weighted by Crippen LogP contribution is 2.23. The smallest absolute Gasteiger partial charge is 0.387 e. The first-order valence-corrected chi connectivity index (χ1v) is 7.28. The van der Waals surface area contributed by atoms with Gasteiger partial charge in [0.15, 0.2) is 0 Å². The average Bonchev–Trinajstić information content (AvgIpc) is 2.53. The summed E-state index contributed by atoms with van der Waals surface area (Å²) in [4.78, 5) is 4.48. The van der Waals surface area contributed by atoms with Gasteiger partial charge in [-0.25, -0.2) is 4.98 Å². The van der Waals surface area contributed by atoms with E-state index in [2.05, 4.69) is 9.72 Å². The van der Waals surface area contributed by atoms with Gasteiger partial charge in [0.25, 0.3) is 0 Å². The lowest BCUT2D eigenvalue weighted by Gasteiger charge is -2.07. The van der Waals surface area contributed by atoms with Gasteiger partial charge < -0.3 is 4.74 Å². The number of ether oxygens (including phenoxy) is 1.